The molecule has 5 nitrogen and oxygen atoms in total. The van der Waals surface area contributed by atoms with Gasteiger partial charge in [-0.05, 0) is 42.0 Å². The topological polar surface area (TPSA) is 75.8 Å². The van der Waals surface area contributed by atoms with Gasteiger partial charge in [0.2, 0.25) is 5.91 Å². The Labute approximate surface area is 168 Å². The van der Waals surface area contributed by atoms with Crippen molar-refractivity contribution in [1.82, 2.24) is 0 Å². The van der Waals surface area contributed by atoms with E-state index in [1.807, 2.05) is 0 Å². The van der Waals surface area contributed by atoms with Crippen LogP contribution in [0.1, 0.15) is 27.9 Å². The number of β-amino-alcohol motifs (C(OH)–C–C–N with tert-alkyl or cyclic N) is 1. The number of rotatable bonds is 6. The van der Waals surface area contributed by atoms with Crippen molar-refractivity contribution in [3.8, 4) is 0 Å². The molecule has 0 bridgehead atoms. The first-order valence-electron chi connectivity index (χ1n) is 8.96. The molecule has 1 saturated heterocycles. The molecule has 0 aromatic heterocycles. The van der Waals surface area contributed by atoms with E-state index in [4.69, 9.17) is 5.73 Å². The first-order valence-corrected chi connectivity index (χ1v) is 8.96. The monoisotopic (exact) mass is 430 g/mol. The Balaban J connectivity index is 1.89. The van der Waals surface area contributed by atoms with Gasteiger partial charge in [-0.3, -0.25) is 4.79 Å². The average molecular weight is 430 g/mol. The van der Waals surface area contributed by atoms with Crippen LogP contribution < -0.4 is 10.6 Å². The minimum absolute atomic E-state index is 0.0390. The minimum atomic E-state index is -4.52. The maximum atomic E-state index is 12.8. The van der Waals surface area contributed by atoms with Crippen LogP contribution in [0.3, 0.4) is 0 Å². The molecule has 2 aromatic carbocycles. The second-order valence-electron chi connectivity index (χ2n) is 7.10. The number of alkyl halides is 5. The zero-order valence-corrected chi connectivity index (χ0v) is 15.6. The van der Waals surface area contributed by atoms with E-state index in [0.717, 1.165) is 12.1 Å². The molecule has 1 fully saturated rings. The van der Waals surface area contributed by atoms with Gasteiger partial charge in [0.05, 0.1) is 24.8 Å². The molecule has 2 aromatic rings. The number of aliphatic hydroxyl groups is 1. The van der Waals surface area contributed by atoms with Crippen LogP contribution in [-0.4, -0.2) is 36.8 Å². The fourth-order valence-corrected chi connectivity index (χ4v) is 3.61. The number of ether oxygens (including phenoxy) is 1. The van der Waals surface area contributed by atoms with Crippen molar-refractivity contribution in [2.45, 2.75) is 30.9 Å². The van der Waals surface area contributed by atoms with Gasteiger partial charge >= 0.3 is 12.8 Å². The summed E-state index contributed by atoms with van der Waals surface area (Å²) in [6, 6.07) is 9.41. The van der Waals surface area contributed by atoms with Crippen LogP contribution in [0.5, 0.6) is 0 Å². The van der Waals surface area contributed by atoms with Crippen molar-refractivity contribution >= 4 is 11.6 Å². The van der Waals surface area contributed by atoms with Crippen molar-refractivity contribution in [1.29, 1.82) is 0 Å². The molecule has 0 saturated carbocycles. The van der Waals surface area contributed by atoms with E-state index in [9.17, 15) is 31.9 Å². The summed E-state index contributed by atoms with van der Waals surface area (Å²) in [6.45, 7) is -3.48. The fraction of sp³-hybridized carbons (Fsp3) is 0.350. The fourth-order valence-electron chi connectivity index (χ4n) is 3.61. The lowest BCUT2D eigenvalue weighted by atomic mass is 9.90. The average Bonchev–Trinajstić information content (AvgIpc) is 3.04. The van der Waals surface area contributed by atoms with Gasteiger partial charge in [0.15, 0.2) is 0 Å². The smallest absolute Gasteiger partial charge is 0.383 e. The normalized spacial score (nSPS) is 22.0. The number of hydrogen-bond donors (Lipinski definition) is 2. The van der Waals surface area contributed by atoms with Crippen molar-refractivity contribution < 1.29 is 36.6 Å². The van der Waals surface area contributed by atoms with E-state index in [-0.39, 0.29) is 24.1 Å². The summed E-state index contributed by atoms with van der Waals surface area (Å²) in [5.41, 5.74) is 3.77. The molecule has 2 atom stereocenters. The van der Waals surface area contributed by atoms with Crippen molar-refractivity contribution in [3.05, 3.63) is 65.2 Å². The number of carbonyl (C=O) groups is 1. The molecule has 0 radical (unpaired) electrons. The van der Waals surface area contributed by atoms with Crippen LogP contribution >= 0.6 is 0 Å². The molecule has 1 unspecified atom stereocenters. The van der Waals surface area contributed by atoms with E-state index in [1.165, 1.54) is 24.3 Å². The van der Waals surface area contributed by atoms with Crippen LogP contribution in [0.15, 0.2) is 48.5 Å². The molecule has 0 aliphatic carbocycles. The molecule has 10 heteroatoms. The van der Waals surface area contributed by atoms with Gasteiger partial charge in [0, 0.05) is 17.7 Å². The molecule has 3 N–H and O–H groups in total. The second-order valence-corrected chi connectivity index (χ2v) is 7.10. The molecule has 30 heavy (non-hydrogen) atoms. The Morgan fingerprint density at radius 2 is 1.77 bits per heavy atom. The van der Waals surface area contributed by atoms with Crippen LogP contribution in [0.4, 0.5) is 27.6 Å². The number of carbonyl (C=O) groups excluding carboxylic acids is 1. The first-order chi connectivity index (χ1) is 14.0. The highest BCUT2D eigenvalue weighted by Crippen LogP contribution is 2.40. The van der Waals surface area contributed by atoms with Gasteiger partial charge < -0.3 is 20.5 Å². The molecule has 162 valence electrons. The Hall–Kier alpha value is -2.72. The molecular weight excluding hydrogens is 411 g/mol. The Bertz CT molecular complexity index is 887. The lowest BCUT2D eigenvalue weighted by molar-refractivity contribution is -0.137. The van der Waals surface area contributed by atoms with Gasteiger partial charge in [-0.15, -0.1) is 0 Å². The summed E-state index contributed by atoms with van der Waals surface area (Å²) in [6.07, 6.45) is -4.55. The maximum absolute atomic E-state index is 12.8. The summed E-state index contributed by atoms with van der Waals surface area (Å²) >= 11 is 0. The van der Waals surface area contributed by atoms with Gasteiger partial charge in [0.25, 0.3) is 0 Å². The largest absolute Gasteiger partial charge is 0.416 e. The molecule has 1 heterocycles. The highest BCUT2D eigenvalue weighted by Gasteiger charge is 2.44. The van der Waals surface area contributed by atoms with Crippen LogP contribution in [0.25, 0.3) is 0 Å². The van der Waals surface area contributed by atoms with E-state index in [1.54, 1.807) is 17.0 Å². The lowest BCUT2D eigenvalue weighted by Crippen LogP contribution is -2.34. The van der Waals surface area contributed by atoms with E-state index >= 15 is 0 Å². The van der Waals surface area contributed by atoms with Crippen LogP contribution in [0.2, 0.25) is 0 Å². The molecule has 0 spiro atoms. The van der Waals surface area contributed by atoms with Crippen molar-refractivity contribution in [3.63, 3.8) is 0 Å². The Morgan fingerprint density at radius 3 is 2.27 bits per heavy atom. The lowest BCUT2D eigenvalue weighted by Gasteiger charge is -2.27. The highest BCUT2D eigenvalue weighted by molar-refractivity contribution is 5.93. The van der Waals surface area contributed by atoms with Crippen molar-refractivity contribution in [2.24, 2.45) is 5.73 Å². The third-order valence-electron chi connectivity index (χ3n) is 5.09. The number of nitrogens with two attached hydrogens (primary N) is 1. The minimum Gasteiger partial charge on any atom is -0.383 e. The predicted octanol–water partition coefficient (Wildman–Crippen LogP) is 3.51. The van der Waals surface area contributed by atoms with Crippen LogP contribution in [-0.2, 0) is 16.5 Å². The van der Waals surface area contributed by atoms with Gasteiger partial charge in [0.1, 0.15) is 5.60 Å². The number of halogens is 5. The molecule has 1 aliphatic heterocycles. The summed E-state index contributed by atoms with van der Waals surface area (Å²) < 4.78 is 68.0. The van der Waals surface area contributed by atoms with Crippen LogP contribution in [0, 0.1) is 0 Å². The third kappa shape index (κ3) is 4.71. The molecular formula is C20H19F5N2O3. The summed E-state index contributed by atoms with van der Waals surface area (Å²) in [7, 11) is 0. The Kier molecular flexibility index (Phi) is 6.00. The van der Waals surface area contributed by atoms with Crippen molar-refractivity contribution in [2.75, 3.05) is 18.1 Å². The number of amides is 1. The Morgan fingerprint density at radius 1 is 1.17 bits per heavy atom. The van der Waals surface area contributed by atoms with Gasteiger partial charge in [-0.2, -0.15) is 22.0 Å². The summed E-state index contributed by atoms with van der Waals surface area (Å²) in [4.78, 5) is 12.9. The zero-order chi connectivity index (χ0) is 22.1. The first kappa shape index (κ1) is 22.0. The van der Waals surface area contributed by atoms with E-state index in [0.29, 0.717) is 5.69 Å². The third-order valence-corrected chi connectivity index (χ3v) is 5.09. The summed E-state index contributed by atoms with van der Waals surface area (Å²) in [5, 5.41) is 11.1. The highest BCUT2D eigenvalue weighted by atomic mass is 19.4. The zero-order valence-electron chi connectivity index (χ0n) is 15.6. The molecule has 1 aliphatic rings. The SMILES string of the molecule is NC(=O)c1ccc(N2CC(O)(c3ccc(C(F)(F)F)cc3)C[C@H]2COC(F)F)cc1. The van der Waals surface area contributed by atoms with Gasteiger partial charge in [-0.1, -0.05) is 12.1 Å². The standard InChI is InChI=1S/C20H19F5N2O3/c21-18(22)30-10-16-9-19(29,13-3-5-14(6-4-13)20(23,24)25)11-27(16)15-7-1-12(2-8-15)17(26)28/h1-8,16,18,29H,9-11H2,(H2,26,28)/t16-,19?/m0/s1. The number of anilines is 1. The number of hydrogen-bond acceptors (Lipinski definition) is 4. The molecule has 1 amide bonds. The second kappa shape index (κ2) is 8.19. The van der Waals surface area contributed by atoms with Gasteiger partial charge in [-0.25, -0.2) is 0 Å². The predicted molar refractivity (Wildman–Crippen MR) is 98.0 cm³/mol. The maximum Gasteiger partial charge on any atom is 0.416 e. The summed E-state index contributed by atoms with van der Waals surface area (Å²) in [5.74, 6) is -0.637. The number of benzene rings is 2. The number of nitrogens with zero attached hydrogens (tertiary/aromatic N) is 1. The number of primary amides is 1. The van der Waals surface area contributed by atoms with E-state index in [2.05, 4.69) is 4.74 Å². The van der Waals surface area contributed by atoms with E-state index < -0.39 is 42.5 Å². The molecule has 3 rings (SSSR count). The quantitative estimate of drug-likeness (QED) is 0.688.